The van der Waals surface area contributed by atoms with Crippen molar-refractivity contribution < 1.29 is 9.59 Å². The van der Waals surface area contributed by atoms with Crippen LogP contribution in [0.25, 0.3) is 0 Å². The minimum absolute atomic E-state index is 0. The van der Waals surface area contributed by atoms with E-state index in [1.54, 1.807) is 14.1 Å². The van der Waals surface area contributed by atoms with Gasteiger partial charge in [0.15, 0.2) is 0 Å². The summed E-state index contributed by atoms with van der Waals surface area (Å²) in [4.78, 5) is 24.7. The standard InChI is InChI=1S/C6H10N2O2.CH4/c1-7-4-8(2)6(10)3-5(7)9;/h3-4H2,1-2H3;1H4. The van der Waals surface area contributed by atoms with E-state index in [9.17, 15) is 9.59 Å². The quantitative estimate of drug-likeness (QED) is 0.462. The molecule has 1 saturated heterocycles. The summed E-state index contributed by atoms with van der Waals surface area (Å²) in [6.45, 7) is 0.414. The molecule has 0 aromatic heterocycles. The van der Waals surface area contributed by atoms with E-state index in [1.807, 2.05) is 0 Å². The lowest BCUT2D eigenvalue weighted by Gasteiger charge is -2.29. The normalized spacial score (nSPS) is 18.4. The smallest absolute Gasteiger partial charge is 0.233 e. The number of amides is 2. The summed E-state index contributed by atoms with van der Waals surface area (Å²) >= 11 is 0. The lowest BCUT2D eigenvalue weighted by atomic mass is 10.3. The summed E-state index contributed by atoms with van der Waals surface area (Å²) in [5.41, 5.74) is 0. The van der Waals surface area contributed by atoms with Crippen LogP contribution in [0.2, 0.25) is 0 Å². The molecule has 11 heavy (non-hydrogen) atoms. The Morgan fingerprint density at radius 3 is 1.73 bits per heavy atom. The SMILES string of the molecule is C.CN1CN(C)C(=O)CC1=O. The molecule has 0 N–H and O–H groups in total. The number of nitrogens with zero attached hydrogens (tertiary/aromatic N) is 2. The molecule has 0 aliphatic carbocycles. The molecule has 0 atom stereocenters. The minimum atomic E-state index is -0.0944. The van der Waals surface area contributed by atoms with Crippen LogP contribution in [0.1, 0.15) is 13.8 Å². The predicted molar refractivity (Wildman–Crippen MR) is 41.8 cm³/mol. The Balaban J connectivity index is 0.000001000. The number of hydrogen-bond donors (Lipinski definition) is 0. The fourth-order valence-electron chi connectivity index (χ4n) is 0.875. The van der Waals surface area contributed by atoms with Crippen LogP contribution in [0.4, 0.5) is 0 Å². The van der Waals surface area contributed by atoms with Crippen molar-refractivity contribution in [1.82, 2.24) is 9.80 Å². The van der Waals surface area contributed by atoms with Crippen molar-refractivity contribution in [2.24, 2.45) is 0 Å². The van der Waals surface area contributed by atoms with E-state index in [4.69, 9.17) is 0 Å². The number of carbonyl (C=O) groups excluding carboxylic acids is 2. The van der Waals surface area contributed by atoms with Crippen molar-refractivity contribution in [2.75, 3.05) is 20.8 Å². The average molecular weight is 158 g/mol. The number of hydrogen-bond acceptors (Lipinski definition) is 2. The van der Waals surface area contributed by atoms with Crippen LogP contribution in [-0.4, -0.2) is 42.4 Å². The first-order chi connectivity index (χ1) is 4.61. The van der Waals surface area contributed by atoms with Gasteiger partial charge in [-0.3, -0.25) is 9.59 Å². The van der Waals surface area contributed by atoms with E-state index < -0.39 is 0 Å². The molecule has 64 valence electrons. The van der Waals surface area contributed by atoms with Crippen LogP contribution in [0.3, 0.4) is 0 Å². The maximum Gasteiger partial charge on any atom is 0.233 e. The molecule has 1 heterocycles. The van der Waals surface area contributed by atoms with Gasteiger partial charge in [0.25, 0.3) is 0 Å². The highest BCUT2D eigenvalue weighted by molar-refractivity contribution is 5.98. The van der Waals surface area contributed by atoms with Gasteiger partial charge in [-0.25, -0.2) is 0 Å². The molecule has 0 saturated carbocycles. The zero-order valence-electron chi connectivity index (χ0n) is 6.13. The molecule has 1 fully saturated rings. The first-order valence-corrected chi connectivity index (χ1v) is 3.09. The van der Waals surface area contributed by atoms with Gasteiger partial charge in [-0.15, -0.1) is 0 Å². The van der Waals surface area contributed by atoms with Crippen LogP contribution >= 0.6 is 0 Å². The summed E-state index contributed by atoms with van der Waals surface area (Å²) < 4.78 is 0. The van der Waals surface area contributed by atoms with Gasteiger partial charge in [0.05, 0.1) is 6.67 Å². The maximum atomic E-state index is 10.8. The monoisotopic (exact) mass is 158 g/mol. The largest absolute Gasteiger partial charge is 0.327 e. The van der Waals surface area contributed by atoms with Crippen molar-refractivity contribution in [3.63, 3.8) is 0 Å². The van der Waals surface area contributed by atoms with E-state index in [0.717, 1.165) is 0 Å². The molecule has 1 rings (SSSR count). The van der Waals surface area contributed by atoms with Crippen LogP contribution in [0.5, 0.6) is 0 Å². The summed E-state index contributed by atoms with van der Waals surface area (Å²) in [7, 11) is 3.37. The summed E-state index contributed by atoms with van der Waals surface area (Å²) in [6.07, 6.45) is 0.0208. The van der Waals surface area contributed by atoms with Crippen LogP contribution < -0.4 is 0 Å². The first kappa shape index (κ1) is 9.94. The van der Waals surface area contributed by atoms with E-state index >= 15 is 0 Å². The molecule has 0 bridgehead atoms. The number of carbonyl (C=O) groups is 2. The van der Waals surface area contributed by atoms with Crippen molar-refractivity contribution in [2.45, 2.75) is 13.8 Å². The van der Waals surface area contributed by atoms with Gasteiger partial charge in [-0.2, -0.15) is 0 Å². The Labute approximate surface area is 66.8 Å². The second-order valence-corrected chi connectivity index (χ2v) is 2.50. The summed E-state index contributed by atoms with van der Waals surface area (Å²) in [5, 5.41) is 0. The number of rotatable bonds is 0. The Bertz CT molecular complexity index is 161. The lowest BCUT2D eigenvalue weighted by Crippen LogP contribution is -2.47. The maximum absolute atomic E-state index is 10.8. The Hall–Kier alpha value is -1.06. The second-order valence-electron chi connectivity index (χ2n) is 2.50. The zero-order chi connectivity index (χ0) is 7.72. The van der Waals surface area contributed by atoms with E-state index in [2.05, 4.69) is 0 Å². The van der Waals surface area contributed by atoms with Crippen LogP contribution in [0, 0.1) is 0 Å². The fraction of sp³-hybridized carbons (Fsp3) is 0.714. The minimum Gasteiger partial charge on any atom is -0.327 e. The fourth-order valence-corrected chi connectivity index (χ4v) is 0.875. The van der Waals surface area contributed by atoms with Crippen LogP contribution in [0.15, 0.2) is 0 Å². The molecule has 0 aromatic rings. The van der Waals surface area contributed by atoms with Crippen LogP contribution in [-0.2, 0) is 9.59 Å². The molecule has 1 aliphatic heterocycles. The van der Waals surface area contributed by atoms with Crippen molar-refractivity contribution in [3.8, 4) is 0 Å². The van der Waals surface area contributed by atoms with Gasteiger partial charge in [0, 0.05) is 14.1 Å². The Morgan fingerprint density at radius 2 is 1.45 bits per heavy atom. The molecule has 0 radical (unpaired) electrons. The van der Waals surface area contributed by atoms with E-state index in [0.29, 0.717) is 6.67 Å². The zero-order valence-corrected chi connectivity index (χ0v) is 6.13. The third kappa shape index (κ3) is 1.93. The highest BCUT2D eigenvalue weighted by Crippen LogP contribution is 2.03. The average Bonchev–Trinajstić information content (AvgIpc) is 1.84. The topological polar surface area (TPSA) is 40.6 Å². The summed E-state index contributed by atoms with van der Waals surface area (Å²) in [6, 6.07) is 0. The molecule has 2 amide bonds. The van der Waals surface area contributed by atoms with Crippen molar-refractivity contribution in [3.05, 3.63) is 0 Å². The van der Waals surface area contributed by atoms with E-state index in [-0.39, 0.29) is 25.7 Å². The Morgan fingerprint density at radius 1 is 1.09 bits per heavy atom. The van der Waals surface area contributed by atoms with Gasteiger partial charge < -0.3 is 9.80 Å². The van der Waals surface area contributed by atoms with Gasteiger partial charge in [0.2, 0.25) is 11.8 Å². The van der Waals surface area contributed by atoms with E-state index in [1.165, 1.54) is 9.80 Å². The Kier molecular flexibility index (Phi) is 3.04. The van der Waals surface area contributed by atoms with Gasteiger partial charge >= 0.3 is 0 Å². The predicted octanol–water partition coefficient (Wildman–Crippen LogP) is -0.0995. The van der Waals surface area contributed by atoms with Crippen molar-refractivity contribution >= 4 is 11.8 Å². The molecule has 0 spiro atoms. The molecule has 1 aliphatic rings. The first-order valence-electron chi connectivity index (χ1n) is 3.09. The van der Waals surface area contributed by atoms with Gasteiger partial charge in [-0.1, -0.05) is 7.43 Å². The molecule has 0 aromatic carbocycles. The van der Waals surface area contributed by atoms with Gasteiger partial charge in [-0.05, 0) is 0 Å². The highest BCUT2D eigenvalue weighted by Gasteiger charge is 2.23. The highest BCUT2D eigenvalue weighted by atomic mass is 16.2. The third-order valence-corrected chi connectivity index (χ3v) is 1.58. The molecular weight excluding hydrogens is 144 g/mol. The third-order valence-electron chi connectivity index (χ3n) is 1.58. The molecule has 0 unspecified atom stereocenters. The van der Waals surface area contributed by atoms with Gasteiger partial charge in [0.1, 0.15) is 6.42 Å². The molecule has 4 heteroatoms. The second kappa shape index (κ2) is 3.37. The summed E-state index contributed by atoms with van der Waals surface area (Å²) in [5.74, 6) is -0.189. The lowest BCUT2D eigenvalue weighted by molar-refractivity contribution is -0.148. The molecular formula is C7H14N2O2. The van der Waals surface area contributed by atoms with Crippen molar-refractivity contribution in [1.29, 1.82) is 0 Å². The molecule has 4 nitrogen and oxygen atoms in total.